The lowest BCUT2D eigenvalue weighted by Crippen LogP contribution is -1.69. The minimum Gasteiger partial charge on any atom is -0.300 e. The summed E-state index contributed by atoms with van der Waals surface area (Å²) in [5.74, 6) is 0.167. The van der Waals surface area contributed by atoms with Crippen molar-refractivity contribution in [2.45, 2.75) is 13.8 Å². The van der Waals surface area contributed by atoms with Gasteiger partial charge in [-0.25, -0.2) is 0 Å². The lowest BCUT2D eigenvalue weighted by molar-refractivity contribution is -0.114. The summed E-state index contributed by atoms with van der Waals surface area (Å²) in [6.07, 6.45) is 0. The second-order valence-corrected chi connectivity index (χ2v) is 14.5. The van der Waals surface area contributed by atoms with E-state index < -0.39 is 0 Å². The zero-order valence-corrected chi connectivity index (χ0v) is 47.5. The van der Waals surface area contributed by atoms with E-state index in [1.165, 1.54) is 13.8 Å². The fourth-order valence-electron chi connectivity index (χ4n) is 0. The quantitative estimate of drug-likeness (QED) is 0.221. The average Bonchev–Trinajstić information content (AvgIpc) is 2.95. The second kappa shape index (κ2) is 249. The molecule has 324 valence electrons. The summed E-state index contributed by atoms with van der Waals surface area (Å²) in [6, 6.07) is 0. The molecule has 0 bridgehead atoms. The normalized spacial score (nSPS) is 6.04. The summed E-state index contributed by atoms with van der Waals surface area (Å²) in [7, 11) is 0. The van der Waals surface area contributed by atoms with Crippen LogP contribution in [0.2, 0.25) is 0 Å². The minimum atomic E-state index is 0.167. The van der Waals surface area contributed by atoms with Crippen molar-refractivity contribution >= 4 is 354 Å². The molecular weight excluding hydrogens is 1300 g/mol. The molecule has 0 heterocycles. The molecule has 0 aromatic rings. The molecule has 0 saturated heterocycles. The highest BCUT2D eigenvalue weighted by Crippen LogP contribution is 1.77. The number of ketones is 1. The number of hydrogen-bond donors (Lipinski definition) is 0. The lowest BCUT2D eigenvalue weighted by atomic mass is 10.6. The predicted octanol–water partition coefficient (Wildman–Crippen LogP) is 21.9. The molecule has 0 saturated carbocycles. The Balaban J connectivity index is -0.0000000169. The van der Waals surface area contributed by atoms with Gasteiger partial charge in [-0.2, -0.15) is 0 Å². The van der Waals surface area contributed by atoms with Crippen LogP contribution in [0, 0.1) is 0 Å². The van der Waals surface area contributed by atoms with Crippen molar-refractivity contribution in [1.82, 2.24) is 0 Å². The molecule has 0 radical (unpaired) electrons. The van der Waals surface area contributed by atoms with Crippen molar-refractivity contribution in [3.8, 4) is 0 Å². The van der Waals surface area contributed by atoms with Crippen molar-refractivity contribution in [1.29, 1.82) is 0 Å². The Kier molecular flexibility index (Phi) is 540. The number of halogens is 30. The number of Topliss-reactive ketones (excluding diaryl/α,β-unsaturated/α-hetero) is 1. The molecule has 49 heavy (non-hydrogen) atoms. The molecular formula is C18H36Cl30O. The molecule has 0 aromatic carbocycles. The SMILES string of the molecule is CC(C)=O.ClCCl.ClCCl.ClCCl.ClCCl.ClCCl.ClCCl.ClCCl.ClCCl.ClCCl.ClCCl.ClCCl.ClCCl.ClCCl.ClCCl.ClCCl. The summed E-state index contributed by atoms with van der Waals surface area (Å²) < 4.78 is 0. The predicted molar refractivity (Wildman–Crippen MR) is 265 cm³/mol. The van der Waals surface area contributed by atoms with Gasteiger partial charge in [-0.05, 0) is 13.8 Å². The Bertz CT molecular complexity index is 171. The van der Waals surface area contributed by atoms with Crippen LogP contribution in [0.25, 0.3) is 0 Å². The summed E-state index contributed by atoms with van der Waals surface area (Å²) >= 11 is 143. The fraction of sp³-hybridized carbons (Fsp3) is 0.944. The number of carbonyl (C=O) groups excluding carboxylic acids is 1. The molecule has 0 amide bonds. The minimum absolute atomic E-state index is 0.167. The number of alkyl halides is 30. The monoisotopic (exact) mass is 1320 g/mol. The molecule has 0 aliphatic heterocycles. The fourth-order valence-corrected chi connectivity index (χ4v) is 0. The highest BCUT2D eigenvalue weighted by Gasteiger charge is 1.62. The van der Waals surface area contributed by atoms with Crippen molar-refractivity contribution in [3.63, 3.8) is 0 Å². The van der Waals surface area contributed by atoms with Crippen LogP contribution in [0.3, 0.4) is 0 Å². The van der Waals surface area contributed by atoms with E-state index in [1.807, 2.05) is 0 Å². The van der Waals surface area contributed by atoms with Crippen LogP contribution in [0.5, 0.6) is 0 Å². The van der Waals surface area contributed by atoms with Gasteiger partial charge in [0.1, 0.15) is 5.78 Å². The van der Waals surface area contributed by atoms with Crippen molar-refractivity contribution in [2.24, 2.45) is 0 Å². The van der Waals surface area contributed by atoms with Crippen LogP contribution in [0.4, 0.5) is 0 Å². The van der Waals surface area contributed by atoms with Crippen LogP contribution in [-0.2, 0) is 4.79 Å². The van der Waals surface area contributed by atoms with E-state index in [4.69, 9.17) is 348 Å². The maximum atomic E-state index is 9.44. The van der Waals surface area contributed by atoms with Gasteiger partial charge in [0.2, 0.25) is 0 Å². The Morgan fingerprint density at radius 1 is 0.204 bits per heavy atom. The highest BCUT2D eigenvalue weighted by molar-refractivity contribution is 6.44. The Morgan fingerprint density at radius 2 is 0.204 bits per heavy atom. The first-order chi connectivity index (χ1) is 22.9. The zero-order chi connectivity index (χ0) is 44.2. The van der Waals surface area contributed by atoms with Crippen molar-refractivity contribution < 1.29 is 4.79 Å². The average molecular weight is 1330 g/mol. The smallest absolute Gasteiger partial charge is 0.126 e. The van der Waals surface area contributed by atoms with Crippen LogP contribution in [0.1, 0.15) is 13.8 Å². The molecule has 0 atom stereocenters. The lowest BCUT2D eigenvalue weighted by Gasteiger charge is -1.56. The van der Waals surface area contributed by atoms with Gasteiger partial charge in [0.15, 0.2) is 0 Å². The summed E-state index contributed by atoms with van der Waals surface area (Å²) in [4.78, 5) is 9.44. The number of carbonyl (C=O) groups is 1. The molecule has 0 aliphatic rings. The molecule has 31 heteroatoms. The second-order valence-electron chi connectivity index (χ2n) is 2.42. The van der Waals surface area contributed by atoms with Gasteiger partial charge >= 0.3 is 0 Å². The van der Waals surface area contributed by atoms with E-state index in [1.54, 1.807) is 0 Å². The van der Waals surface area contributed by atoms with Crippen molar-refractivity contribution in [2.75, 3.05) is 80.1 Å². The van der Waals surface area contributed by atoms with Crippen LogP contribution < -0.4 is 0 Å². The van der Waals surface area contributed by atoms with Gasteiger partial charge < -0.3 is 4.79 Å². The van der Waals surface area contributed by atoms with E-state index in [0.717, 1.165) is 0 Å². The first kappa shape index (κ1) is 107. The summed E-state index contributed by atoms with van der Waals surface area (Å²) in [6.45, 7) is 3.06. The first-order valence-electron chi connectivity index (χ1n) is 9.22. The van der Waals surface area contributed by atoms with Crippen LogP contribution in [0.15, 0.2) is 0 Å². The van der Waals surface area contributed by atoms with Crippen LogP contribution >= 0.6 is 348 Å². The van der Waals surface area contributed by atoms with E-state index in [0.29, 0.717) is 0 Å². The van der Waals surface area contributed by atoms with E-state index in [-0.39, 0.29) is 85.9 Å². The number of hydrogen-bond acceptors (Lipinski definition) is 1. The summed E-state index contributed by atoms with van der Waals surface area (Å²) in [5, 5.41) is 2.92. The molecule has 1 nitrogen and oxygen atoms in total. The van der Waals surface area contributed by atoms with Gasteiger partial charge in [0.05, 0.1) is 80.1 Å². The van der Waals surface area contributed by atoms with Gasteiger partial charge in [0.25, 0.3) is 0 Å². The first-order valence-corrected chi connectivity index (χ1v) is 25.3. The largest absolute Gasteiger partial charge is 0.300 e. The topological polar surface area (TPSA) is 17.1 Å². The third kappa shape index (κ3) is 2380. The van der Waals surface area contributed by atoms with E-state index in [9.17, 15) is 4.79 Å². The Hall–Kier alpha value is 8.37. The Morgan fingerprint density at radius 3 is 0.204 bits per heavy atom. The Labute approximate surface area is 445 Å². The van der Waals surface area contributed by atoms with Gasteiger partial charge in [-0.15, -0.1) is 348 Å². The molecule has 0 aliphatic carbocycles. The maximum Gasteiger partial charge on any atom is 0.126 e. The van der Waals surface area contributed by atoms with Gasteiger partial charge in [-0.1, -0.05) is 0 Å². The van der Waals surface area contributed by atoms with Gasteiger partial charge in [-0.3, -0.25) is 0 Å². The highest BCUT2D eigenvalue weighted by atomic mass is 35.6. The molecule has 0 aromatic heterocycles. The molecule has 0 spiro atoms. The van der Waals surface area contributed by atoms with Gasteiger partial charge in [0, 0.05) is 0 Å². The third-order valence-corrected chi connectivity index (χ3v) is 0. The number of rotatable bonds is 0. The zero-order valence-electron chi connectivity index (χ0n) is 24.9. The van der Waals surface area contributed by atoms with Crippen LogP contribution in [-0.4, -0.2) is 85.9 Å². The van der Waals surface area contributed by atoms with Crippen molar-refractivity contribution in [3.05, 3.63) is 0 Å². The third-order valence-electron chi connectivity index (χ3n) is 0. The molecule has 0 unspecified atom stereocenters. The molecule has 0 rings (SSSR count). The van der Waals surface area contributed by atoms with E-state index in [2.05, 4.69) is 0 Å². The molecule has 0 N–H and O–H groups in total. The standard InChI is InChI=1S/C3H6O.15CH2Cl2/c1-3(2)4;15*2-1-3/h1-2H3;15*1H2. The summed E-state index contributed by atoms with van der Waals surface area (Å²) in [5.41, 5.74) is 0. The maximum absolute atomic E-state index is 9.44. The molecule has 0 fully saturated rings. The van der Waals surface area contributed by atoms with E-state index >= 15 is 0 Å².